The smallest absolute Gasteiger partial charge is 0.768 e. The summed E-state index contributed by atoms with van der Waals surface area (Å²) in [6.07, 6.45) is 0. The number of nitrogens with zero attached hydrogens (tertiary/aromatic N) is 1. The van der Waals surface area contributed by atoms with E-state index in [-0.39, 0.29) is 40.1 Å². The molecule has 0 N–H and O–H groups in total. The van der Waals surface area contributed by atoms with E-state index < -0.39 is 16.0 Å². The zero-order valence-electron chi connectivity index (χ0n) is 7.72. The fraction of sp³-hybridized carbons (Fsp3) is 0.143. The van der Waals surface area contributed by atoms with Crippen LogP contribution in [0, 0.1) is 17.0 Å². The van der Waals surface area contributed by atoms with Crippen LogP contribution in [0.5, 0.6) is 0 Å². The molecule has 0 heterocycles. The average Bonchev–Trinajstić information content (AvgIpc) is 2.03. The van der Waals surface area contributed by atoms with Crippen molar-refractivity contribution in [1.82, 2.24) is 0 Å². The van der Waals surface area contributed by atoms with E-state index >= 15 is 0 Å². The number of hydrogen-bond donors (Lipinski definition) is 0. The van der Waals surface area contributed by atoms with Crippen LogP contribution in [-0.2, 0) is 11.1 Å². The third-order valence-electron chi connectivity index (χ3n) is 1.49. The van der Waals surface area contributed by atoms with E-state index in [9.17, 15) is 18.9 Å². The van der Waals surface area contributed by atoms with Gasteiger partial charge in [0.2, 0.25) is 0 Å². The van der Waals surface area contributed by atoms with Crippen molar-refractivity contribution in [2.45, 2.75) is 11.8 Å². The monoisotopic (exact) mass is 223 g/mol. The van der Waals surface area contributed by atoms with Crippen LogP contribution in [0.3, 0.4) is 0 Å². The van der Waals surface area contributed by atoms with Gasteiger partial charge in [0.25, 0.3) is 5.69 Å². The molecule has 0 aliphatic heterocycles. The molecule has 1 aromatic rings. The maximum absolute atomic E-state index is 10.5. The van der Waals surface area contributed by atoms with Crippen molar-refractivity contribution in [3.05, 3.63) is 33.9 Å². The van der Waals surface area contributed by atoms with Gasteiger partial charge in [-0.2, -0.15) is 0 Å². The van der Waals surface area contributed by atoms with Gasteiger partial charge in [0, 0.05) is 6.07 Å². The first-order valence-corrected chi connectivity index (χ1v) is 4.44. The van der Waals surface area contributed by atoms with Gasteiger partial charge in [0.05, 0.1) is 4.92 Å². The second-order valence-corrected chi connectivity index (χ2v) is 3.37. The number of hydrogen-bond acceptors (Lipinski definition) is 4. The maximum atomic E-state index is 10.5. The Hall–Kier alpha value is -0.270. The molecule has 0 saturated heterocycles. The molecule has 0 saturated carbocycles. The minimum atomic E-state index is -2.56. The quantitative estimate of drug-likeness (QED) is 0.255. The van der Waals surface area contributed by atoms with Crippen molar-refractivity contribution >= 4 is 16.8 Å². The van der Waals surface area contributed by atoms with Crippen molar-refractivity contribution in [1.29, 1.82) is 0 Å². The topological polar surface area (TPSA) is 83.3 Å². The number of benzene rings is 1. The molecule has 1 atom stereocenters. The Balaban J connectivity index is 0.00000169. The van der Waals surface area contributed by atoms with Gasteiger partial charge in [-0.05, 0) is 29.6 Å². The van der Waals surface area contributed by atoms with Crippen LogP contribution in [-0.4, -0.2) is 13.7 Å². The van der Waals surface area contributed by atoms with Gasteiger partial charge in [-0.3, -0.25) is 14.3 Å². The summed E-state index contributed by atoms with van der Waals surface area (Å²) in [5.41, 5.74) is 0.272. The largest absolute Gasteiger partial charge is 1.00 e. The zero-order chi connectivity index (χ0) is 10.0. The van der Waals surface area contributed by atoms with Crippen molar-refractivity contribution in [2.24, 2.45) is 0 Å². The van der Waals surface area contributed by atoms with Gasteiger partial charge in [0.1, 0.15) is 4.90 Å². The van der Waals surface area contributed by atoms with Gasteiger partial charge >= 0.3 is 29.6 Å². The second kappa shape index (κ2) is 5.57. The second-order valence-electron chi connectivity index (χ2n) is 2.46. The predicted molar refractivity (Wildman–Crippen MR) is 45.0 cm³/mol. The van der Waals surface area contributed by atoms with E-state index in [0.29, 0.717) is 5.56 Å². The molecule has 70 valence electrons. The molecule has 0 aliphatic rings. The van der Waals surface area contributed by atoms with Crippen LogP contribution in [0.2, 0.25) is 0 Å². The molecule has 0 bridgehead atoms. The van der Waals surface area contributed by atoms with Gasteiger partial charge in [-0.15, -0.1) is 0 Å². The van der Waals surface area contributed by atoms with E-state index in [1.54, 1.807) is 6.92 Å². The van der Waals surface area contributed by atoms with Crippen LogP contribution in [0.25, 0.3) is 0 Å². The first kappa shape index (κ1) is 13.7. The molecule has 14 heavy (non-hydrogen) atoms. The summed E-state index contributed by atoms with van der Waals surface area (Å²) >= 11 is -2.56. The summed E-state index contributed by atoms with van der Waals surface area (Å²) in [4.78, 5) is 9.42. The van der Waals surface area contributed by atoms with Crippen LogP contribution < -0.4 is 29.6 Å². The van der Waals surface area contributed by atoms with Gasteiger partial charge in [0.15, 0.2) is 0 Å². The third kappa shape index (κ3) is 3.14. The molecule has 0 amide bonds. The van der Waals surface area contributed by atoms with Gasteiger partial charge in [-0.1, -0.05) is 6.07 Å². The summed E-state index contributed by atoms with van der Waals surface area (Å²) in [6, 6.07) is 3.96. The summed E-state index contributed by atoms with van der Waals surface area (Å²) < 4.78 is 21.1. The Kier molecular flexibility index (Phi) is 5.46. The van der Waals surface area contributed by atoms with Crippen molar-refractivity contribution in [3.8, 4) is 0 Å². The predicted octanol–water partition coefficient (Wildman–Crippen LogP) is -1.85. The zero-order valence-corrected chi connectivity index (χ0v) is 10.5. The molecule has 0 fully saturated rings. The fourth-order valence-corrected chi connectivity index (χ4v) is 1.39. The first-order chi connectivity index (χ1) is 6.02. The Morgan fingerprint density at radius 3 is 2.43 bits per heavy atom. The Bertz CT molecular complexity index is 382. The summed E-state index contributed by atoms with van der Waals surface area (Å²) in [5.74, 6) is 0. The Labute approximate surface area is 105 Å². The number of nitro groups is 1. The van der Waals surface area contributed by atoms with E-state index in [2.05, 4.69) is 0 Å². The molecule has 1 aromatic carbocycles. The van der Waals surface area contributed by atoms with Gasteiger partial charge < -0.3 is 4.55 Å². The van der Waals surface area contributed by atoms with E-state index in [0.717, 1.165) is 0 Å². The molecular weight excluding hydrogens is 217 g/mol. The van der Waals surface area contributed by atoms with E-state index in [1.165, 1.54) is 18.2 Å². The molecule has 1 unspecified atom stereocenters. The molecular formula is C7H6NNaO4S. The summed E-state index contributed by atoms with van der Waals surface area (Å²) in [5, 5.41) is 10.4. The molecule has 0 radical (unpaired) electrons. The third-order valence-corrected chi connectivity index (χ3v) is 2.20. The first-order valence-electron chi connectivity index (χ1n) is 3.36. The van der Waals surface area contributed by atoms with Crippen LogP contribution in [0.4, 0.5) is 5.69 Å². The van der Waals surface area contributed by atoms with Gasteiger partial charge in [-0.25, -0.2) is 0 Å². The van der Waals surface area contributed by atoms with Crippen molar-refractivity contribution in [2.75, 3.05) is 0 Å². The van der Waals surface area contributed by atoms with Crippen molar-refractivity contribution < 1.29 is 43.2 Å². The van der Waals surface area contributed by atoms with Crippen molar-refractivity contribution in [3.63, 3.8) is 0 Å². The Morgan fingerprint density at radius 1 is 1.43 bits per heavy atom. The van der Waals surface area contributed by atoms with Crippen LogP contribution >= 0.6 is 0 Å². The molecule has 7 heteroatoms. The molecule has 0 aliphatic carbocycles. The molecule has 1 rings (SSSR count). The minimum Gasteiger partial charge on any atom is -0.768 e. The number of rotatable bonds is 2. The summed E-state index contributed by atoms with van der Waals surface area (Å²) in [7, 11) is 0. The normalized spacial score (nSPS) is 11.6. The minimum absolute atomic E-state index is 0. The maximum Gasteiger partial charge on any atom is 1.00 e. The summed E-state index contributed by atoms with van der Waals surface area (Å²) in [6.45, 7) is 1.66. The molecule has 0 aromatic heterocycles. The molecule has 0 spiro atoms. The molecule has 5 nitrogen and oxygen atoms in total. The fourth-order valence-electron chi connectivity index (χ4n) is 0.911. The van der Waals surface area contributed by atoms with Crippen LogP contribution in [0.15, 0.2) is 23.1 Å². The van der Waals surface area contributed by atoms with Crippen LogP contribution in [0.1, 0.15) is 5.56 Å². The number of aryl methyl sites for hydroxylation is 1. The van der Waals surface area contributed by atoms with E-state index in [1.807, 2.05) is 0 Å². The standard InChI is InChI=1S/C7H7NO4S.Na/c1-5-2-3-7(13(11)12)6(4-5)8(9)10;/h2-4H,1H3,(H,11,12);/q;+1/p-1. The average molecular weight is 223 g/mol. The SMILES string of the molecule is Cc1ccc(S(=O)[O-])c([N+](=O)[O-])c1.[Na+]. The Morgan fingerprint density at radius 2 is 2.00 bits per heavy atom. The van der Waals surface area contributed by atoms with E-state index in [4.69, 9.17) is 0 Å². The number of nitro benzene ring substituents is 1.